The second kappa shape index (κ2) is 8.69. The minimum Gasteiger partial charge on any atom is -0.493 e. The molecule has 1 fully saturated rings. The van der Waals surface area contributed by atoms with Crippen LogP contribution in [0.3, 0.4) is 0 Å². The van der Waals surface area contributed by atoms with Gasteiger partial charge in [-0.2, -0.15) is 5.10 Å². The second-order valence-corrected chi connectivity index (χ2v) is 7.60. The Bertz CT molecular complexity index is 1290. The molecule has 2 aromatic heterocycles. The van der Waals surface area contributed by atoms with Crippen LogP contribution in [0.5, 0.6) is 17.2 Å². The van der Waals surface area contributed by atoms with Crippen LogP contribution < -0.4 is 14.2 Å². The lowest BCUT2D eigenvalue weighted by Crippen LogP contribution is -2.17. The SMILES string of the molecule is COc1cc(-c2nnc(-c3cc(OC(F)(F)F)ccc3-n3cncn3)o2)ccc1OCC1CC1. The van der Waals surface area contributed by atoms with Gasteiger partial charge in [0.25, 0.3) is 0 Å². The fraction of sp³-hybridized carbons (Fsp3) is 0.273. The van der Waals surface area contributed by atoms with Crippen molar-refractivity contribution in [2.45, 2.75) is 19.2 Å². The molecule has 34 heavy (non-hydrogen) atoms. The van der Waals surface area contributed by atoms with Crippen molar-refractivity contribution in [2.75, 3.05) is 13.7 Å². The number of nitrogens with zero attached hydrogens (tertiary/aromatic N) is 5. The molecule has 0 radical (unpaired) electrons. The lowest BCUT2D eigenvalue weighted by atomic mass is 10.1. The van der Waals surface area contributed by atoms with Crippen molar-refractivity contribution in [3.8, 4) is 45.8 Å². The van der Waals surface area contributed by atoms with Crippen LogP contribution in [0.1, 0.15) is 12.8 Å². The summed E-state index contributed by atoms with van der Waals surface area (Å²) in [4.78, 5) is 3.87. The Labute approximate surface area is 191 Å². The second-order valence-electron chi connectivity index (χ2n) is 7.60. The van der Waals surface area contributed by atoms with Crippen molar-refractivity contribution < 1.29 is 31.8 Å². The molecule has 1 saturated carbocycles. The number of ether oxygens (including phenoxy) is 3. The van der Waals surface area contributed by atoms with E-state index < -0.39 is 12.1 Å². The van der Waals surface area contributed by atoms with Gasteiger partial charge in [-0.1, -0.05) is 0 Å². The molecule has 0 amide bonds. The van der Waals surface area contributed by atoms with E-state index in [-0.39, 0.29) is 17.3 Å². The van der Waals surface area contributed by atoms with Gasteiger partial charge < -0.3 is 18.6 Å². The summed E-state index contributed by atoms with van der Waals surface area (Å²) < 4.78 is 60.7. The molecular weight excluding hydrogens is 455 g/mol. The zero-order valence-electron chi connectivity index (χ0n) is 17.8. The maximum atomic E-state index is 12.8. The molecule has 0 aliphatic heterocycles. The Morgan fingerprint density at radius 2 is 1.88 bits per heavy atom. The zero-order valence-corrected chi connectivity index (χ0v) is 17.8. The van der Waals surface area contributed by atoms with Crippen LogP contribution in [0.15, 0.2) is 53.5 Å². The van der Waals surface area contributed by atoms with E-state index >= 15 is 0 Å². The number of halogens is 3. The number of benzene rings is 2. The Balaban J connectivity index is 1.48. The summed E-state index contributed by atoms with van der Waals surface area (Å²) in [5.74, 6) is 1.36. The monoisotopic (exact) mass is 473 g/mol. The molecule has 0 N–H and O–H groups in total. The highest BCUT2D eigenvalue weighted by molar-refractivity contribution is 5.69. The maximum Gasteiger partial charge on any atom is 0.573 e. The highest BCUT2D eigenvalue weighted by Crippen LogP contribution is 2.37. The zero-order chi connectivity index (χ0) is 23.7. The van der Waals surface area contributed by atoms with Gasteiger partial charge in [0.05, 0.1) is 25.0 Å². The van der Waals surface area contributed by atoms with Gasteiger partial charge in [0, 0.05) is 5.56 Å². The van der Waals surface area contributed by atoms with Gasteiger partial charge in [-0.25, -0.2) is 9.67 Å². The smallest absolute Gasteiger partial charge is 0.493 e. The first-order valence-electron chi connectivity index (χ1n) is 10.3. The predicted octanol–water partition coefficient (Wildman–Crippen LogP) is 4.68. The van der Waals surface area contributed by atoms with Crippen molar-refractivity contribution in [2.24, 2.45) is 5.92 Å². The average molecular weight is 473 g/mol. The molecule has 1 aliphatic rings. The van der Waals surface area contributed by atoms with Gasteiger partial charge >= 0.3 is 6.36 Å². The number of hydrogen-bond donors (Lipinski definition) is 0. The lowest BCUT2D eigenvalue weighted by Gasteiger charge is -2.12. The predicted molar refractivity (Wildman–Crippen MR) is 112 cm³/mol. The van der Waals surface area contributed by atoms with Gasteiger partial charge in [0.15, 0.2) is 11.5 Å². The summed E-state index contributed by atoms with van der Waals surface area (Å²) in [5, 5.41) is 12.1. The first kappa shape index (κ1) is 21.7. The molecule has 4 aromatic rings. The number of hydrogen-bond acceptors (Lipinski definition) is 8. The molecule has 0 spiro atoms. The topological polar surface area (TPSA) is 97.3 Å². The first-order valence-corrected chi connectivity index (χ1v) is 10.3. The number of methoxy groups -OCH3 is 1. The Kier molecular flexibility index (Phi) is 5.56. The average Bonchev–Trinajstić information content (AvgIpc) is 3.26. The maximum absolute atomic E-state index is 12.8. The van der Waals surface area contributed by atoms with Crippen LogP contribution >= 0.6 is 0 Å². The highest BCUT2D eigenvalue weighted by atomic mass is 19.4. The third-order valence-corrected chi connectivity index (χ3v) is 5.10. The van der Waals surface area contributed by atoms with Crippen molar-refractivity contribution in [3.05, 3.63) is 49.1 Å². The Hall–Kier alpha value is -4.09. The molecule has 1 aliphatic carbocycles. The summed E-state index contributed by atoms with van der Waals surface area (Å²) in [5.41, 5.74) is 1.12. The van der Waals surface area contributed by atoms with Gasteiger partial charge in [-0.15, -0.1) is 23.4 Å². The molecule has 5 rings (SSSR count). The van der Waals surface area contributed by atoms with Crippen molar-refractivity contribution in [3.63, 3.8) is 0 Å². The van der Waals surface area contributed by atoms with Crippen molar-refractivity contribution in [1.29, 1.82) is 0 Å². The van der Waals surface area contributed by atoms with Gasteiger partial charge in [-0.05, 0) is 55.2 Å². The minimum absolute atomic E-state index is 0.0267. The molecule has 0 atom stereocenters. The van der Waals surface area contributed by atoms with E-state index in [0.29, 0.717) is 35.3 Å². The van der Waals surface area contributed by atoms with E-state index in [1.54, 1.807) is 18.2 Å². The fourth-order valence-electron chi connectivity index (χ4n) is 3.28. The van der Waals surface area contributed by atoms with E-state index in [0.717, 1.165) is 25.0 Å². The molecule has 9 nitrogen and oxygen atoms in total. The normalized spacial score (nSPS) is 13.6. The van der Waals surface area contributed by atoms with Crippen molar-refractivity contribution in [1.82, 2.24) is 25.0 Å². The number of alkyl halides is 3. The van der Waals surface area contributed by atoms with Crippen LogP contribution in [0, 0.1) is 5.92 Å². The molecular formula is C22H18F3N5O4. The standard InChI is InChI=1S/C22H18F3N5O4/c1-31-19-8-14(4-7-18(19)32-10-13-2-3-13)20-28-29-21(33-20)16-9-15(34-22(23,24)25)5-6-17(16)30-12-26-11-27-30/h4-9,11-13H,2-3,10H2,1H3. The summed E-state index contributed by atoms with van der Waals surface area (Å²) in [6.45, 7) is 0.627. The van der Waals surface area contributed by atoms with E-state index in [4.69, 9.17) is 13.9 Å². The molecule has 0 saturated heterocycles. The van der Waals surface area contributed by atoms with Crippen LogP contribution in [0.25, 0.3) is 28.6 Å². The largest absolute Gasteiger partial charge is 0.573 e. The Morgan fingerprint density at radius 3 is 2.59 bits per heavy atom. The van der Waals surface area contributed by atoms with Crippen LogP contribution in [0.2, 0.25) is 0 Å². The van der Waals surface area contributed by atoms with E-state index in [1.165, 1.54) is 30.5 Å². The summed E-state index contributed by atoms with van der Waals surface area (Å²) in [6.07, 6.45) is 0.160. The molecule has 176 valence electrons. The van der Waals surface area contributed by atoms with Gasteiger partial charge in [0.2, 0.25) is 11.8 Å². The van der Waals surface area contributed by atoms with Gasteiger partial charge in [-0.3, -0.25) is 0 Å². The fourth-order valence-corrected chi connectivity index (χ4v) is 3.28. The molecule has 0 unspecified atom stereocenters. The third kappa shape index (κ3) is 4.80. The van der Waals surface area contributed by atoms with E-state index in [9.17, 15) is 13.2 Å². The molecule has 2 heterocycles. The minimum atomic E-state index is -4.86. The lowest BCUT2D eigenvalue weighted by molar-refractivity contribution is -0.274. The van der Waals surface area contributed by atoms with Crippen LogP contribution in [-0.4, -0.2) is 45.0 Å². The van der Waals surface area contributed by atoms with Crippen LogP contribution in [-0.2, 0) is 0 Å². The van der Waals surface area contributed by atoms with E-state index in [1.807, 2.05) is 0 Å². The van der Waals surface area contributed by atoms with Crippen molar-refractivity contribution >= 4 is 0 Å². The molecule has 0 bridgehead atoms. The molecule has 2 aromatic carbocycles. The summed E-state index contributed by atoms with van der Waals surface area (Å²) in [7, 11) is 1.53. The molecule has 12 heteroatoms. The quantitative estimate of drug-likeness (QED) is 0.364. The first-order chi connectivity index (χ1) is 16.4. The van der Waals surface area contributed by atoms with E-state index in [2.05, 4.69) is 25.0 Å². The summed E-state index contributed by atoms with van der Waals surface area (Å²) >= 11 is 0. The third-order valence-electron chi connectivity index (χ3n) is 5.10. The highest BCUT2D eigenvalue weighted by Gasteiger charge is 2.32. The van der Waals surface area contributed by atoms with Crippen LogP contribution in [0.4, 0.5) is 13.2 Å². The van der Waals surface area contributed by atoms with Gasteiger partial charge in [0.1, 0.15) is 18.4 Å². The summed E-state index contributed by atoms with van der Waals surface area (Å²) in [6, 6.07) is 8.89. The number of aromatic nitrogens is 5. The Morgan fingerprint density at radius 1 is 1.06 bits per heavy atom. The number of rotatable bonds is 8.